The SMILES string of the molecule is Cc1ccccc1N(CCCC(=O)N(Cc1ccccc1Cl)[C@H](Cc1ccccc1)C(=O)NC1CCCC1)S(C)(=O)=O. The summed E-state index contributed by atoms with van der Waals surface area (Å²) >= 11 is 6.52. The standard InChI is InChI=1S/C33H40ClN3O4S/c1-25-13-6-11-20-30(25)37(42(2,40)41)22-12-21-32(38)36(24-27-16-7-10-19-29(27)34)31(23-26-14-4-3-5-15-26)33(39)35-28-17-8-9-18-28/h3-7,10-11,13-16,19-20,28,31H,8-9,12,17-18,21-24H2,1-2H3,(H,35,39)/t31-/m1/s1. The maximum atomic E-state index is 14.0. The maximum absolute atomic E-state index is 14.0. The largest absolute Gasteiger partial charge is 0.352 e. The third kappa shape index (κ3) is 8.58. The molecule has 3 aromatic carbocycles. The fourth-order valence-corrected chi connectivity index (χ4v) is 6.78. The molecule has 1 aliphatic carbocycles. The number of para-hydroxylation sites is 1. The Labute approximate surface area is 254 Å². The molecule has 0 radical (unpaired) electrons. The molecule has 0 aliphatic heterocycles. The second kappa shape index (κ2) is 14.7. The van der Waals surface area contributed by atoms with Crippen LogP contribution in [0.1, 0.15) is 55.2 Å². The van der Waals surface area contributed by atoms with Crippen molar-refractivity contribution < 1.29 is 18.0 Å². The van der Waals surface area contributed by atoms with Crippen molar-refractivity contribution in [1.29, 1.82) is 0 Å². The van der Waals surface area contributed by atoms with E-state index >= 15 is 0 Å². The normalized spacial score (nSPS) is 14.4. The highest BCUT2D eigenvalue weighted by Gasteiger charge is 2.32. The van der Waals surface area contributed by atoms with E-state index in [4.69, 9.17) is 11.6 Å². The summed E-state index contributed by atoms with van der Waals surface area (Å²) in [6, 6.07) is 23.7. The van der Waals surface area contributed by atoms with Crippen molar-refractivity contribution in [1.82, 2.24) is 10.2 Å². The molecular formula is C33H40ClN3O4S. The summed E-state index contributed by atoms with van der Waals surface area (Å²) in [5.41, 5.74) is 3.13. The average molecular weight is 610 g/mol. The first-order valence-corrected chi connectivity index (χ1v) is 16.8. The minimum Gasteiger partial charge on any atom is -0.352 e. The Morgan fingerprint density at radius 1 is 0.952 bits per heavy atom. The van der Waals surface area contributed by atoms with Crippen molar-refractivity contribution in [3.8, 4) is 0 Å². The Hall–Kier alpha value is -3.36. The van der Waals surface area contributed by atoms with Crippen LogP contribution in [0.4, 0.5) is 5.69 Å². The van der Waals surface area contributed by atoms with E-state index < -0.39 is 16.1 Å². The van der Waals surface area contributed by atoms with Gasteiger partial charge in [0.2, 0.25) is 21.8 Å². The van der Waals surface area contributed by atoms with Gasteiger partial charge in [-0.15, -0.1) is 0 Å². The van der Waals surface area contributed by atoms with Crippen LogP contribution in [0.25, 0.3) is 0 Å². The molecule has 0 spiro atoms. The van der Waals surface area contributed by atoms with E-state index in [1.54, 1.807) is 23.1 Å². The maximum Gasteiger partial charge on any atom is 0.243 e. The molecule has 2 amide bonds. The lowest BCUT2D eigenvalue weighted by atomic mass is 10.0. The summed E-state index contributed by atoms with van der Waals surface area (Å²) in [6.07, 6.45) is 5.92. The monoisotopic (exact) mass is 609 g/mol. The Bertz CT molecular complexity index is 1460. The van der Waals surface area contributed by atoms with Crippen LogP contribution in [-0.4, -0.2) is 50.0 Å². The number of anilines is 1. The second-order valence-corrected chi connectivity index (χ2v) is 13.3. The number of halogens is 1. The van der Waals surface area contributed by atoms with Crippen LogP contribution in [0.15, 0.2) is 78.9 Å². The minimum absolute atomic E-state index is 0.0738. The molecule has 42 heavy (non-hydrogen) atoms. The number of hydrogen-bond donors (Lipinski definition) is 1. The van der Waals surface area contributed by atoms with Crippen molar-refractivity contribution in [2.75, 3.05) is 17.1 Å². The summed E-state index contributed by atoms with van der Waals surface area (Å²) in [5, 5.41) is 3.72. The molecule has 7 nitrogen and oxygen atoms in total. The molecule has 1 aliphatic rings. The average Bonchev–Trinajstić information content (AvgIpc) is 3.47. The first-order valence-electron chi connectivity index (χ1n) is 14.5. The van der Waals surface area contributed by atoms with Gasteiger partial charge in [0.25, 0.3) is 0 Å². The lowest BCUT2D eigenvalue weighted by molar-refractivity contribution is -0.141. The predicted molar refractivity (Wildman–Crippen MR) is 169 cm³/mol. The zero-order valence-corrected chi connectivity index (χ0v) is 25.9. The molecule has 224 valence electrons. The zero-order valence-electron chi connectivity index (χ0n) is 24.3. The highest BCUT2D eigenvalue weighted by atomic mass is 35.5. The van der Waals surface area contributed by atoms with Crippen molar-refractivity contribution >= 4 is 39.1 Å². The van der Waals surface area contributed by atoms with Crippen LogP contribution in [0.3, 0.4) is 0 Å². The summed E-state index contributed by atoms with van der Waals surface area (Å²) in [4.78, 5) is 29.5. The molecule has 0 saturated heterocycles. The number of carbonyl (C=O) groups is 2. The first kappa shape index (κ1) is 31.6. The van der Waals surface area contributed by atoms with Gasteiger partial charge in [-0.25, -0.2) is 8.42 Å². The molecule has 1 N–H and O–H groups in total. The van der Waals surface area contributed by atoms with Gasteiger partial charge in [0.1, 0.15) is 6.04 Å². The molecular weight excluding hydrogens is 570 g/mol. The van der Waals surface area contributed by atoms with E-state index in [9.17, 15) is 18.0 Å². The van der Waals surface area contributed by atoms with Gasteiger partial charge in [0.05, 0.1) is 11.9 Å². The Kier molecular flexibility index (Phi) is 11.0. The highest BCUT2D eigenvalue weighted by Crippen LogP contribution is 2.25. The van der Waals surface area contributed by atoms with Gasteiger partial charge < -0.3 is 10.2 Å². The van der Waals surface area contributed by atoms with Crippen molar-refractivity contribution in [3.63, 3.8) is 0 Å². The topological polar surface area (TPSA) is 86.8 Å². The number of sulfonamides is 1. The van der Waals surface area contributed by atoms with Crippen molar-refractivity contribution in [3.05, 3.63) is 101 Å². The van der Waals surface area contributed by atoms with E-state index in [-0.39, 0.29) is 37.4 Å². The third-order valence-electron chi connectivity index (χ3n) is 7.81. The summed E-state index contributed by atoms with van der Waals surface area (Å²) in [5.74, 6) is -0.403. The Morgan fingerprint density at radius 2 is 1.60 bits per heavy atom. The van der Waals surface area contributed by atoms with Gasteiger partial charge in [0, 0.05) is 37.0 Å². The minimum atomic E-state index is -3.57. The second-order valence-electron chi connectivity index (χ2n) is 11.0. The third-order valence-corrected chi connectivity index (χ3v) is 9.36. The molecule has 1 saturated carbocycles. The molecule has 0 bridgehead atoms. The summed E-state index contributed by atoms with van der Waals surface area (Å²) in [7, 11) is -3.57. The van der Waals surface area contributed by atoms with Crippen LogP contribution in [0.2, 0.25) is 5.02 Å². The van der Waals surface area contributed by atoms with Crippen LogP contribution in [0, 0.1) is 6.92 Å². The number of rotatable bonds is 13. The lowest BCUT2D eigenvalue weighted by Crippen LogP contribution is -2.52. The van der Waals surface area contributed by atoms with E-state index in [1.165, 1.54) is 10.6 Å². The molecule has 0 aromatic heterocycles. The van der Waals surface area contributed by atoms with Gasteiger partial charge in [-0.2, -0.15) is 0 Å². The number of aryl methyl sites for hydroxylation is 1. The molecule has 1 atom stereocenters. The number of hydrogen-bond acceptors (Lipinski definition) is 4. The van der Waals surface area contributed by atoms with E-state index in [1.807, 2.05) is 67.6 Å². The van der Waals surface area contributed by atoms with Crippen LogP contribution >= 0.6 is 11.6 Å². The van der Waals surface area contributed by atoms with E-state index in [0.29, 0.717) is 23.6 Å². The fraction of sp³-hybridized carbons (Fsp3) is 0.394. The van der Waals surface area contributed by atoms with Crippen molar-refractivity contribution in [2.45, 2.75) is 70.5 Å². The zero-order chi connectivity index (χ0) is 30.1. The van der Waals surface area contributed by atoms with Crippen LogP contribution in [0.5, 0.6) is 0 Å². The van der Waals surface area contributed by atoms with Crippen LogP contribution < -0.4 is 9.62 Å². The fourth-order valence-electron chi connectivity index (χ4n) is 5.56. The predicted octanol–water partition coefficient (Wildman–Crippen LogP) is 5.89. The summed E-state index contributed by atoms with van der Waals surface area (Å²) < 4.78 is 26.8. The molecule has 0 heterocycles. The molecule has 3 aromatic rings. The lowest BCUT2D eigenvalue weighted by Gasteiger charge is -2.33. The molecule has 9 heteroatoms. The number of nitrogens with one attached hydrogen (secondary N) is 1. The number of amides is 2. The van der Waals surface area contributed by atoms with E-state index in [2.05, 4.69) is 5.32 Å². The molecule has 1 fully saturated rings. The highest BCUT2D eigenvalue weighted by molar-refractivity contribution is 7.92. The van der Waals surface area contributed by atoms with Gasteiger partial charge in [-0.3, -0.25) is 13.9 Å². The van der Waals surface area contributed by atoms with Crippen molar-refractivity contribution in [2.24, 2.45) is 0 Å². The van der Waals surface area contributed by atoms with Gasteiger partial charge in [-0.05, 0) is 55.0 Å². The van der Waals surface area contributed by atoms with Gasteiger partial charge in [0.15, 0.2) is 0 Å². The molecule has 4 rings (SSSR count). The number of nitrogens with zero attached hydrogens (tertiary/aromatic N) is 2. The quantitative estimate of drug-likeness (QED) is 0.262. The van der Waals surface area contributed by atoms with Crippen LogP contribution in [-0.2, 0) is 32.6 Å². The van der Waals surface area contributed by atoms with Gasteiger partial charge in [-0.1, -0.05) is 91.2 Å². The number of carbonyl (C=O) groups excluding carboxylic acids is 2. The van der Waals surface area contributed by atoms with E-state index in [0.717, 1.165) is 42.4 Å². The first-order chi connectivity index (χ1) is 20.1. The van der Waals surface area contributed by atoms with Gasteiger partial charge >= 0.3 is 0 Å². The smallest absolute Gasteiger partial charge is 0.243 e. The Morgan fingerprint density at radius 3 is 2.26 bits per heavy atom. The molecule has 0 unspecified atom stereocenters. The Balaban J connectivity index is 1.60. The summed E-state index contributed by atoms with van der Waals surface area (Å²) in [6.45, 7) is 2.18. The number of benzene rings is 3.